The second-order valence-electron chi connectivity index (χ2n) is 8.84. The molecule has 1 amide bonds. The van der Waals surface area contributed by atoms with Gasteiger partial charge in [0.15, 0.2) is 5.82 Å². The summed E-state index contributed by atoms with van der Waals surface area (Å²) in [4.78, 5) is 17.4. The number of rotatable bonds is 10. The highest BCUT2D eigenvalue weighted by molar-refractivity contribution is 9.10. The van der Waals surface area contributed by atoms with Gasteiger partial charge >= 0.3 is 0 Å². The number of anilines is 1. The highest BCUT2D eigenvalue weighted by atomic mass is 79.9. The van der Waals surface area contributed by atoms with E-state index in [1.54, 1.807) is 24.3 Å². The van der Waals surface area contributed by atoms with E-state index in [0.717, 1.165) is 15.6 Å². The number of sulfonamides is 1. The first-order chi connectivity index (χ1) is 17.7. The van der Waals surface area contributed by atoms with Crippen LogP contribution in [-0.2, 0) is 27.8 Å². The van der Waals surface area contributed by atoms with Crippen molar-refractivity contribution < 1.29 is 17.7 Å². The molecule has 0 saturated carbocycles. The molecule has 192 valence electrons. The third kappa shape index (κ3) is 7.12. The van der Waals surface area contributed by atoms with Crippen molar-refractivity contribution in [1.29, 1.82) is 0 Å². The fourth-order valence-electron chi connectivity index (χ4n) is 3.59. The van der Waals surface area contributed by atoms with E-state index in [1.807, 2.05) is 56.3 Å². The van der Waals surface area contributed by atoms with Crippen LogP contribution in [0.3, 0.4) is 0 Å². The average Bonchev–Trinajstić information content (AvgIpc) is 3.35. The maximum Gasteiger partial charge on any atom is 0.243 e. The van der Waals surface area contributed by atoms with E-state index in [2.05, 4.69) is 31.4 Å². The lowest BCUT2D eigenvalue weighted by molar-refractivity contribution is -0.116. The molecular formula is C27H27BrN4O4S. The van der Waals surface area contributed by atoms with Crippen molar-refractivity contribution in [3.8, 4) is 0 Å². The number of halogens is 1. The summed E-state index contributed by atoms with van der Waals surface area (Å²) in [5, 5.41) is 6.80. The van der Waals surface area contributed by atoms with E-state index in [4.69, 9.17) is 4.52 Å². The highest BCUT2D eigenvalue weighted by Gasteiger charge is 2.27. The van der Waals surface area contributed by atoms with Gasteiger partial charge in [0.05, 0.1) is 11.4 Å². The highest BCUT2D eigenvalue weighted by Crippen LogP contribution is 2.21. The molecule has 0 spiro atoms. The molecule has 0 saturated heterocycles. The summed E-state index contributed by atoms with van der Waals surface area (Å²) in [5.41, 5.74) is 2.30. The van der Waals surface area contributed by atoms with Crippen LogP contribution >= 0.6 is 15.9 Å². The number of hydrogen-bond acceptors (Lipinski definition) is 6. The fraction of sp³-hybridized carbons (Fsp3) is 0.222. The number of amides is 1. The number of carbonyl (C=O) groups excluding carboxylic acids is 1. The van der Waals surface area contributed by atoms with E-state index >= 15 is 0 Å². The van der Waals surface area contributed by atoms with Crippen LogP contribution in [0.1, 0.15) is 42.6 Å². The molecule has 0 unspecified atom stereocenters. The molecule has 4 aromatic rings. The predicted molar refractivity (Wildman–Crippen MR) is 144 cm³/mol. The van der Waals surface area contributed by atoms with Gasteiger partial charge < -0.3 is 9.84 Å². The lowest BCUT2D eigenvalue weighted by Gasteiger charge is -2.22. The Morgan fingerprint density at radius 1 is 0.973 bits per heavy atom. The maximum absolute atomic E-state index is 13.4. The molecule has 3 aromatic carbocycles. The second kappa shape index (κ2) is 11.8. The van der Waals surface area contributed by atoms with Crippen LogP contribution in [-0.4, -0.2) is 35.3 Å². The molecule has 1 aromatic heterocycles. The largest absolute Gasteiger partial charge is 0.339 e. The minimum absolute atomic E-state index is 0.0641. The summed E-state index contributed by atoms with van der Waals surface area (Å²) < 4.78 is 34.0. The van der Waals surface area contributed by atoms with E-state index in [1.165, 1.54) is 16.4 Å². The predicted octanol–water partition coefficient (Wildman–Crippen LogP) is 5.38. The van der Waals surface area contributed by atoms with Crippen LogP contribution < -0.4 is 5.32 Å². The molecule has 10 heteroatoms. The minimum atomic E-state index is -3.92. The minimum Gasteiger partial charge on any atom is -0.339 e. The quantitative estimate of drug-likeness (QED) is 0.269. The number of benzene rings is 3. The molecule has 1 heterocycles. The Hall–Kier alpha value is -3.34. The molecule has 0 aliphatic rings. The Kier molecular flexibility index (Phi) is 8.52. The number of hydrogen-bond donors (Lipinski definition) is 1. The summed E-state index contributed by atoms with van der Waals surface area (Å²) in [6, 6.07) is 22.8. The lowest BCUT2D eigenvalue weighted by atomic mass is 10.1. The monoisotopic (exact) mass is 582 g/mol. The smallest absolute Gasteiger partial charge is 0.243 e. The van der Waals surface area contributed by atoms with Gasteiger partial charge in [-0.05, 0) is 47.5 Å². The molecule has 1 N–H and O–H groups in total. The normalized spacial score (nSPS) is 11.7. The first kappa shape index (κ1) is 26.7. The second-order valence-corrected chi connectivity index (χ2v) is 11.7. The van der Waals surface area contributed by atoms with Gasteiger partial charge in [-0.25, -0.2) is 8.42 Å². The van der Waals surface area contributed by atoms with Crippen molar-refractivity contribution in [2.75, 3.05) is 11.9 Å². The van der Waals surface area contributed by atoms with Crippen molar-refractivity contribution in [1.82, 2.24) is 14.4 Å². The Balaban J connectivity index is 1.46. The molecule has 0 atom stereocenters. The topological polar surface area (TPSA) is 105 Å². The Bertz CT molecular complexity index is 1440. The first-order valence-corrected chi connectivity index (χ1v) is 13.9. The van der Waals surface area contributed by atoms with Crippen molar-refractivity contribution in [2.45, 2.75) is 37.6 Å². The summed E-state index contributed by atoms with van der Waals surface area (Å²) in [6.07, 6.45) is 0.501. The van der Waals surface area contributed by atoms with Gasteiger partial charge in [-0.2, -0.15) is 9.29 Å². The Morgan fingerprint density at radius 2 is 1.65 bits per heavy atom. The zero-order chi connectivity index (χ0) is 26.4. The van der Waals surface area contributed by atoms with Crippen LogP contribution in [0.15, 0.2) is 92.8 Å². The molecular weight excluding hydrogens is 556 g/mol. The van der Waals surface area contributed by atoms with Crippen LogP contribution in [0.5, 0.6) is 0 Å². The van der Waals surface area contributed by atoms with Gasteiger partial charge in [0, 0.05) is 29.0 Å². The molecule has 0 aliphatic carbocycles. The van der Waals surface area contributed by atoms with Crippen molar-refractivity contribution in [2.24, 2.45) is 0 Å². The van der Waals surface area contributed by atoms with Gasteiger partial charge in [0.1, 0.15) is 0 Å². The van der Waals surface area contributed by atoms with E-state index < -0.39 is 15.9 Å². The number of carbonyl (C=O) groups is 1. The van der Waals surface area contributed by atoms with E-state index in [-0.39, 0.29) is 23.9 Å². The summed E-state index contributed by atoms with van der Waals surface area (Å²) >= 11 is 3.33. The maximum atomic E-state index is 13.4. The third-order valence-corrected chi connectivity index (χ3v) is 7.89. The molecule has 0 radical (unpaired) electrons. The van der Waals surface area contributed by atoms with Gasteiger partial charge in [-0.1, -0.05) is 77.4 Å². The van der Waals surface area contributed by atoms with Crippen molar-refractivity contribution >= 4 is 37.5 Å². The van der Waals surface area contributed by atoms with Gasteiger partial charge in [-0.3, -0.25) is 4.79 Å². The standard InChI is InChI=1S/C27H27BrN4O4S/c1-19(2)27-30-25(31-36-27)16-20-8-12-23(13-9-20)29-26(33)18-32(17-21-6-4-3-5-7-21)37(34,35)24-14-10-22(28)11-15-24/h3-15,19H,16-18H2,1-2H3,(H,29,33). The van der Waals surface area contributed by atoms with E-state index in [9.17, 15) is 13.2 Å². The molecule has 8 nitrogen and oxygen atoms in total. The molecule has 0 bridgehead atoms. The van der Waals surface area contributed by atoms with Crippen molar-refractivity contribution in [3.63, 3.8) is 0 Å². The molecule has 0 aliphatic heterocycles. The van der Waals surface area contributed by atoms with Gasteiger partial charge in [0.2, 0.25) is 21.8 Å². The lowest BCUT2D eigenvalue weighted by Crippen LogP contribution is -2.37. The fourth-order valence-corrected chi connectivity index (χ4v) is 5.24. The average molecular weight is 584 g/mol. The van der Waals surface area contributed by atoms with Crippen LogP contribution in [0.25, 0.3) is 0 Å². The number of nitrogens with one attached hydrogen (secondary N) is 1. The SMILES string of the molecule is CC(C)c1nc(Cc2ccc(NC(=O)CN(Cc3ccccc3)S(=O)(=O)c3ccc(Br)cc3)cc2)no1. The van der Waals surface area contributed by atoms with Gasteiger partial charge in [0.25, 0.3) is 0 Å². The van der Waals surface area contributed by atoms with Crippen LogP contribution in [0, 0.1) is 0 Å². The van der Waals surface area contributed by atoms with Crippen LogP contribution in [0.2, 0.25) is 0 Å². The first-order valence-electron chi connectivity index (χ1n) is 11.7. The van der Waals surface area contributed by atoms with E-state index in [0.29, 0.717) is 23.8 Å². The Morgan fingerprint density at radius 3 is 2.27 bits per heavy atom. The Labute approximate surface area is 224 Å². The molecule has 4 rings (SSSR count). The van der Waals surface area contributed by atoms with Gasteiger partial charge in [-0.15, -0.1) is 0 Å². The number of aromatic nitrogens is 2. The summed E-state index contributed by atoms with van der Waals surface area (Å²) in [5.74, 6) is 0.907. The van der Waals surface area contributed by atoms with Crippen LogP contribution in [0.4, 0.5) is 5.69 Å². The summed E-state index contributed by atoms with van der Waals surface area (Å²) in [7, 11) is -3.92. The zero-order valence-electron chi connectivity index (χ0n) is 20.5. The number of nitrogens with zero attached hydrogens (tertiary/aromatic N) is 3. The summed E-state index contributed by atoms with van der Waals surface area (Å²) in [6.45, 7) is 3.70. The van der Waals surface area contributed by atoms with Crippen molar-refractivity contribution in [3.05, 3.63) is 106 Å². The molecule has 37 heavy (non-hydrogen) atoms. The molecule has 0 fully saturated rings. The zero-order valence-corrected chi connectivity index (χ0v) is 22.9. The third-order valence-electron chi connectivity index (χ3n) is 5.55.